The summed E-state index contributed by atoms with van der Waals surface area (Å²) in [6.45, 7) is 5.28. The van der Waals surface area contributed by atoms with Gasteiger partial charge in [-0.25, -0.2) is 8.42 Å². The van der Waals surface area contributed by atoms with E-state index in [1.54, 1.807) is 24.7 Å². The molecule has 0 bridgehead atoms. The van der Waals surface area contributed by atoms with Crippen LogP contribution in [0.4, 0.5) is 0 Å². The normalized spacial score (nSPS) is 11.6. The second-order valence-corrected chi connectivity index (χ2v) is 8.49. The van der Waals surface area contributed by atoms with Crippen molar-refractivity contribution in [2.75, 3.05) is 19.6 Å². The molecule has 2 heterocycles. The quantitative estimate of drug-likeness (QED) is 0.566. The number of hydrogen-bond acceptors (Lipinski definition) is 5. The number of pyridine rings is 1. The van der Waals surface area contributed by atoms with Gasteiger partial charge in [0.05, 0.1) is 17.1 Å². The zero-order chi connectivity index (χ0) is 21.6. The van der Waals surface area contributed by atoms with Gasteiger partial charge in [0, 0.05) is 37.6 Å². The summed E-state index contributed by atoms with van der Waals surface area (Å²) in [4.78, 5) is 16.8. The molecule has 158 valence electrons. The fourth-order valence-corrected chi connectivity index (χ4v) is 4.47. The number of amides is 1. The number of aromatic nitrogens is 3. The van der Waals surface area contributed by atoms with E-state index in [2.05, 4.69) is 15.4 Å². The number of benzene rings is 1. The van der Waals surface area contributed by atoms with Crippen LogP contribution < -0.4 is 5.32 Å². The largest absolute Gasteiger partial charge is 0.350 e. The lowest BCUT2D eigenvalue weighted by Gasteiger charge is -2.18. The van der Waals surface area contributed by atoms with Crippen LogP contribution >= 0.6 is 0 Å². The fraction of sp³-hybridized carbons (Fsp3) is 0.286. The molecule has 9 heteroatoms. The predicted molar refractivity (Wildman–Crippen MR) is 114 cm³/mol. The van der Waals surface area contributed by atoms with Crippen LogP contribution in [-0.4, -0.2) is 53.0 Å². The number of rotatable bonds is 9. The zero-order valence-corrected chi connectivity index (χ0v) is 17.8. The van der Waals surface area contributed by atoms with Gasteiger partial charge in [-0.1, -0.05) is 19.9 Å². The van der Waals surface area contributed by atoms with Crippen molar-refractivity contribution < 1.29 is 13.2 Å². The summed E-state index contributed by atoms with van der Waals surface area (Å²) < 4.78 is 28.2. The van der Waals surface area contributed by atoms with Gasteiger partial charge in [-0.3, -0.25) is 14.5 Å². The van der Waals surface area contributed by atoms with Gasteiger partial charge in [0.15, 0.2) is 0 Å². The minimum Gasteiger partial charge on any atom is -0.350 e. The molecule has 3 rings (SSSR count). The third-order valence-electron chi connectivity index (χ3n) is 4.65. The van der Waals surface area contributed by atoms with E-state index < -0.39 is 10.0 Å². The van der Waals surface area contributed by atoms with Crippen LogP contribution in [-0.2, 0) is 16.6 Å². The molecule has 0 fully saturated rings. The number of carbonyl (C=O) groups is 1. The summed E-state index contributed by atoms with van der Waals surface area (Å²) >= 11 is 0. The van der Waals surface area contributed by atoms with Crippen molar-refractivity contribution in [2.45, 2.75) is 25.3 Å². The Labute approximate surface area is 176 Å². The highest BCUT2D eigenvalue weighted by Gasteiger charge is 2.21. The molecule has 0 radical (unpaired) electrons. The molecule has 2 aromatic heterocycles. The van der Waals surface area contributed by atoms with Crippen molar-refractivity contribution in [3.05, 3.63) is 66.5 Å². The third kappa shape index (κ3) is 4.92. The second-order valence-electron chi connectivity index (χ2n) is 6.55. The maximum atomic E-state index is 12.5. The topological polar surface area (TPSA) is 97.2 Å². The Morgan fingerprint density at radius 1 is 1.03 bits per heavy atom. The molecule has 0 aliphatic rings. The average Bonchev–Trinajstić information content (AvgIpc) is 3.24. The highest BCUT2D eigenvalue weighted by Crippen LogP contribution is 2.16. The standard InChI is InChI=1S/C21H25N5O3S/c1-3-26(4-2)30(28,29)18-10-8-17(9-11-18)21(27)23-14-16-25-15-12-20(24-25)19-7-5-6-13-22-19/h5-13,15H,3-4,14,16H2,1-2H3,(H,23,27). The lowest BCUT2D eigenvalue weighted by molar-refractivity contribution is 0.0952. The van der Waals surface area contributed by atoms with E-state index in [-0.39, 0.29) is 10.8 Å². The molecule has 30 heavy (non-hydrogen) atoms. The minimum atomic E-state index is -3.53. The van der Waals surface area contributed by atoms with Crippen LogP contribution in [0.15, 0.2) is 65.8 Å². The zero-order valence-electron chi connectivity index (χ0n) is 17.0. The smallest absolute Gasteiger partial charge is 0.251 e. The summed E-state index contributed by atoms with van der Waals surface area (Å²) in [5.41, 5.74) is 1.97. The summed E-state index contributed by atoms with van der Waals surface area (Å²) in [6.07, 6.45) is 3.55. The van der Waals surface area contributed by atoms with E-state index in [9.17, 15) is 13.2 Å². The molecule has 0 aliphatic heterocycles. The molecule has 8 nitrogen and oxygen atoms in total. The highest BCUT2D eigenvalue weighted by molar-refractivity contribution is 7.89. The van der Waals surface area contributed by atoms with Crippen molar-refractivity contribution in [2.24, 2.45) is 0 Å². The van der Waals surface area contributed by atoms with Gasteiger partial charge in [0.2, 0.25) is 10.0 Å². The van der Waals surface area contributed by atoms with Crippen molar-refractivity contribution in [3.8, 4) is 11.4 Å². The molecule has 0 saturated heterocycles. The van der Waals surface area contributed by atoms with Crippen LogP contribution in [0.25, 0.3) is 11.4 Å². The second kappa shape index (κ2) is 9.64. The van der Waals surface area contributed by atoms with Gasteiger partial charge < -0.3 is 5.32 Å². The van der Waals surface area contributed by atoms with E-state index in [1.807, 2.05) is 30.5 Å². The van der Waals surface area contributed by atoms with Crippen molar-refractivity contribution in [1.82, 2.24) is 24.4 Å². The van der Waals surface area contributed by atoms with Crippen LogP contribution in [0.5, 0.6) is 0 Å². The Bertz CT molecular complexity index is 1080. The molecule has 1 amide bonds. The predicted octanol–water partition coefficient (Wildman–Crippen LogP) is 2.41. The van der Waals surface area contributed by atoms with Gasteiger partial charge in [-0.2, -0.15) is 9.40 Å². The Hall–Kier alpha value is -3.04. The Kier molecular flexibility index (Phi) is 6.96. The van der Waals surface area contributed by atoms with E-state index >= 15 is 0 Å². The first-order chi connectivity index (χ1) is 14.5. The number of nitrogens with zero attached hydrogens (tertiary/aromatic N) is 4. The van der Waals surface area contributed by atoms with Gasteiger partial charge in [-0.05, 0) is 42.5 Å². The number of carbonyl (C=O) groups excluding carboxylic acids is 1. The van der Waals surface area contributed by atoms with E-state index in [0.717, 1.165) is 11.4 Å². The first-order valence-corrected chi connectivity index (χ1v) is 11.2. The molecular weight excluding hydrogens is 402 g/mol. The molecule has 1 N–H and O–H groups in total. The Morgan fingerprint density at radius 3 is 2.40 bits per heavy atom. The molecule has 0 unspecified atom stereocenters. The monoisotopic (exact) mass is 427 g/mol. The van der Waals surface area contributed by atoms with Crippen LogP contribution in [0.1, 0.15) is 24.2 Å². The highest BCUT2D eigenvalue weighted by atomic mass is 32.2. The lowest BCUT2D eigenvalue weighted by atomic mass is 10.2. The molecule has 0 aliphatic carbocycles. The minimum absolute atomic E-state index is 0.182. The summed E-state index contributed by atoms with van der Waals surface area (Å²) in [5.74, 6) is -0.265. The van der Waals surface area contributed by atoms with Gasteiger partial charge >= 0.3 is 0 Å². The van der Waals surface area contributed by atoms with Crippen molar-refractivity contribution in [1.29, 1.82) is 0 Å². The molecule has 3 aromatic rings. The van der Waals surface area contributed by atoms with Gasteiger partial charge in [0.25, 0.3) is 5.91 Å². The molecular formula is C21H25N5O3S. The Morgan fingerprint density at radius 2 is 1.77 bits per heavy atom. The number of nitrogens with one attached hydrogen (secondary N) is 1. The Balaban J connectivity index is 1.56. The van der Waals surface area contributed by atoms with E-state index in [1.165, 1.54) is 28.6 Å². The number of hydrogen-bond donors (Lipinski definition) is 1. The summed E-state index contributed by atoms with van der Waals surface area (Å²) in [7, 11) is -3.53. The van der Waals surface area contributed by atoms with Crippen molar-refractivity contribution in [3.63, 3.8) is 0 Å². The molecule has 0 saturated carbocycles. The van der Waals surface area contributed by atoms with Crippen LogP contribution in [0, 0.1) is 0 Å². The lowest BCUT2D eigenvalue weighted by Crippen LogP contribution is -2.30. The summed E-state index contributed by atoms with van der Waals surface area (Å²) in [6, 6.07) is 13.5. The van der Waals surface area contributed by atoms with Crippen molar-refractivity contribution >= 4 is 15.9 Å². The van der Waals surface area contributed by atoms with E-state index in [4.69, 9.17) is 0 Å². The molecule has 0 spiro atoms. The third-order valence-corrected chi connectivity index (χ3v) is 6.72. The number of sulfonamides is 1. The van der Waals surface area contributed by atoms with Crippen LogP contribution in [0.3, 0.4) is 0 Å². The maximum absolute atomic E-state index is 12.5. The average molecular weight is 428 g/mol. The first-order valence-electron chi connectivity index (χ1n) is 9.79. The SMILES string of the molecule is CCN(CC)S(=O)(=O)c1ccc(C(=O)NCCn2ccc(-c3ccccn3)n2)cc1. The van der Waals surface area contributed by atoms with Gasteiger partial charge in [-0.15, -0.1) is 0 Å². The molecule has 1 aromatic carbocycles. The molecule has 0 atom stereocenters. The fourth-order valence-electron chi connectivity index (χ4n) is 3.01. The first kappa shape index (κ1) is 21.7. The van der Waals surface area contributed by atoms with Gasteiger partial charge in [0.1, 0.15) is 5.69 Å². The maximum Gasteiger partial charge on any atom is 0.251 e. The van der Waals surface area contributed by atoms with E-state index in [0.29, 0.717) is 31.7 Å². The van der Waals surface area contributed by atoms with Crippen LogP contribution in [0.2, 0.25) is 0 Å². The summed E-state index contributed by atoms with van der Waals surface area (Å²) in [5, 5.41) is 7.28.